The Morgan fingerprint density at radius 3 is 2.76 bits per heavy atom. The lowest BCUT2D eigenvalue weighted by Crippen LogP contribution is -2.15. The van der Waals surface area contributed by atoms with Gasteiger partial charge in [-0.25, -0.2) is 13.6 Å². The van der Waals surface area contributed by atoms with E-state index in [2.05, 4.69) is 10.3 Å². The Bertz CT molecular complexity index is 774. The molecule has 0 bridgehead atoms. The first-order chi connectivity index (χ1) is 9.91. The first-order valence-electron chi connectivity index (χ1n) is 5.84. The van der Waals surface area contributed by atoms with E-state index in [9.17, 15) is 13.2 Å². The molecule has 8 heteroatoms. The molecule has 0 aliphatic carbocycles. The van der Waals surface area contributed by atoms with Crippen LogP contribution in [-0.2, 0) is 10.0 Å². The molecular formula is C13H13N3O4S. The van der Waals surface area contributed by atoms with E-state index in [1.54, 1.807) is 6.07 Å². The Balaban J connectivity index is 2.28. The minimum absolute atomic E-state index is 0.0815. The zero-order chi connectivity index (χ0) is 15.5. The van der Waals surface area contributed by atoms with Crippen molar-refractivity contribution in [3.8, 4) is 5.75 Å². The molecule has 1 heterocycles. The van der Waals surface area contributed by atoms with Crippen LogP contribution in [0.3, 0.4) is 0 Å². The topological polar surface area (TPSA) is 111 Å². The molecule has 3 N–H and O–H groups in total. The van der Waals surface area contributed by atoms with Crippen LogP contribution in [-0.4, -0.2) is 26.4 Å². The summed E-state index contributed by atoms with van der Waals surface area (Å²) < 4.78 is 27.6. The lowest BCUT2D eigenvalue weighted by Gasteiger charge is -2.09. The van der Waals surface area contributed by atoms with Crippen LogP contribution in [0.5, 0.6) is 5.75 Å². The van der Waals surface area contributed by atoms with Crippen molar-refractivity contribution in [1.29, 1.82) is 0 Å². The molecule has 0 fully saturated rings. The fourth-order valence-electron chi connectivity index (χ4n) is 1.68. The number of carbonyl (C=O) groups excluding carboxylic acids is 1. The summed E-state index contributed by atoms with van der Waals surface area (Å²) in [6, 6.07) is 7.16. The van der Waals surface area contributed by atoms with Crippen molar-refractivity contribution in [2.75, 3.05) is 12.4 Å². The number of nitrogens with two attached hydrogens (primary N) is 1. The minimum atomic E-state index is -3.82. The number of nitrogens with one attached hydrogen (secondary N) is 1. The summed E-state index contributed by atoms with van der Waals surface area (Å²) in [5.74, 6) is -0.126. The molecule has 1 aromatic heterocycles. The Hall–Kier alpha value is -2.45. The second-order valence-electron chi connectivity index (χ2n) is 4.10. The van der Waals surface area contributed by atoms with E-state index in [-0.39, 0.29) is 10.5 Å². The van der Waals surface area contributed by atoms with Crippen LogP contribution in [0.25, 0.3) is 0 Å². The van der Waals surface area contributed by atoms with Crippen LogP contribution in [0.15, 0.2) is 47.6 Å². The summed E-state index contributed by atoms with van der Waals surface area (Å²) in [4.78, 5) is 15.9. The van der Waals surface area contributed by atoms with Crippen LogP contribution in [0.1, 0.15) is 10.4 Å². The van der Waals surface area contributed by atoms with E-state index < -0.39 is 15.9 Å². The van der Waals surface area contributed by atoms with Crippen molar-refractivity contribution in [3.05, 3.63) is 48.3 Å². The molecule has 2 aromatic rings. The molecule has 0 aliphatic rings. The number of ether oxygens (including phenoxy) is 1. The second kappa shape index (κ2) is 5.90. The van der Waals surface area contributed by atoms with E-state index >= 15 is 0 Å². The molecule has 0 radical (unpaired) electrons. The van der Waals surface area contributed by atoms with Gasteiger partial charge in [-0.2, -0.15) is 0 Å². The van der Waals surface area contributed by atoms with Crippen molar-refractivity contribution in [2.45, 2.75) is 4.90 Å². The van der Waals surface area contributed by atoms with Crippen LogP contribution < -0.4 is 15.2 Å². The summed E-state index contributed by atoms with van der Waals surface area (Å²) >= 11 is 0. The number of rotatable bonds is 4. The lowest BCUT2D eigenvalue weighted by atomic mass is 10.2. The summed E-state index contributed by atoms with van der Waals surface area (Å²) in [5, 5.41) is 7.62. The predicted octanol–water partition coefficient (Wildman–Crippen LogP) is 0.990. The van der Waals surface area contributed by atoms with Gasteiger partial charge in [0.15, 0.2) is 0 Å². The van der Waals surface area contributed by atoms with Gasteiger partial charge in [0.2, 0.25) is 10.0 Å². The zero-order valence-electron chi connectivity index (χ0n) is 11.1. The number of sulfonamides is 1. The Morgan fingerprint density at radius 1 is 1.33 bits per heavy atom. The molecule has 1 aromatic carbocycles. The number of aromatic nitrogens is 1. The summed E-state index contributed by atoms with van der Waals surface area (Å²) in [6.45, 7) is 0. The van der Waals surface area contributed by atoms with E-state index in [4.69, 9.17) is 9.88 Å². The Kier molecular flexibility index (Phi) is 4.20. The number of pyridine rings is 1. The highest BCUT2D eigenvalue weighted by Gasteiger charge is 2.13. The smallest absolute Gasteiger partial charge is 0.259 e. The number of amides is 1. The fourth-order valence-corrected chi connectivity index (χ4v) is 2.24. The van der Waals surface area contributed by atoms with Crippen molar-refractivity contribution >= 4 is 21.6 Å². The number of benzene rings is 1. The monoisotopic (exact) mass is 307 g/mol. The number of hydrogen-bond acceptors (Lipinski definition) is 5. The molecule has 0 spiro atoms. The molecule has 0 saturated carbocycles. The SMILES string of the molecule is COc1cnccc1C(=O)Nc1cccc(S(N)(=O)=O)c1. The predicted molar refractivity (Wildman–Crippen MR) is 76.6 cm³/mol. The third-order valence-electron chi connectivity index (χ3n) is 2.67. The van der Waals surface area contributed by atoms with Gasteiger partial charge in [-0.3, -0.25) is 9.78 Å². The van der Waals surface area contributed by atoms with Gasteiger partial charge in [-0.15, -0.1) is 0 Å². The number of nitrogens with zero attached hydrogens (tertiary/aromatic N) is 1. The van der Waals surface area contributed by atoms with E-state index in [0.717, 1.165) is 0 Å². The third kappa shape index (κ3) is 3.56. The molecule has 2 rings (SSSR count). The highest BCUT2D eigenvalue weighted by Crippen LogP contribution is 2.19. The highest BCUT2D eigenvalue weighted by molar-refractivity contribution is 7.89. The van der Waals surface area contributed by atoms with Gasteiger partial charge in [0.25, 0.3) is 5.91 Å². The standard InChI is InChI=1S/C13H13N3O4S/c1-20-12-8-15-6-5-11(12)13(17)16-9-3-2-4-10(7-9)21(14,18)19/h2-8H,1H3,(H,16,17)(H2,14,18,19). The van der Waals surface area contributed by atoms with Gasteiger partial charge in [0.1, 0.15) is 5.75 Å². The molecule has 7 nitrogen and oxygen atoms in total. The third-order valence-corrected chi connectivity index (χ3v) is 3.58. The Labute approximate surface area is 121 Å². The molecule has 0 atom stereocenters. The van der Waals surface area contributed by atoms with Crippen molar-refractivity contribution in [2.24, 2.45) is 5.14 Å². The molecule has 0 unspecified atom stereocenters. The molecule has 0 saturated heterocycles. The number of carbonyl (C=O) groups is 1. The molecular weight excluding hydrogens is 294 g/mol. The maximum Gasteiger partial charge on any atom is 0.259 e. The van der Waals surface area contributed by atoms with Gasteiger partial charge in [0.05, 0.1) is 23.8 Å². The van der Waals surface area contributed by atoms with E-state index in [1.165, 1.54) is 43.8 Å². The van der Waals surface area contributed by atoms with Gasteiger partial charge in [-0.05, 0) is 24.3 Å². The lowest BCUT2D eigenvalue weighted by molar-refractivity contribution is 0.102. The molecule has 1 amide bonds. The largest absolute Gasteiger partial charge is 0.494 e. The van der Waals surface area contributed by atoms with Crippen LogP contribution in [0.2, 0.25) is 0 Å². The van der Waals surface area contributed by atoms with E-state index in [0.29, 0.717) is 11.4 Å². The first kappa shape index (κ1) is 14.9. The summed E-state index contributed by atoms with van der Waals surface area (Å²) in [6.07, 6.45) is 2.87. The average Bonchev–Trinajstić information content (AvgIpc) is 2.46. The number of anilines is 1. The summed E-state index contributed by atoms with van der Waals surface area (Å²) in [7, 11) is -2.40. The molecule has 110 valence electrons. The molecule has 21 heavy (non-hydrogen) atoms. The molecule has 0 aliphatic heterocycles. The first-order valence-corrected chi connectivity index (χ1v) is 7.38. The fraction of sp³-hybridized carbons (Fsp3) is 0.0769. The second-order valence-corrected chi connectivity index (χ2v) is 5.66. The van der Waals surface area contributed by atoms with Gasteiger partial charge >= 0.3 is 0 Å². The zero-order valence-corrected chi connectivity index (χ0v) is 11.9. The van der Waals surface area contributed by atoms with Gasteiger partial charge in [-0.1, -0.05) is 6.07 Å². The maximum atomic E-state index is 12.2. The van der Waals surface area contributed by atoms with Crippen molar-refractivity contribution < 1.29 is 17.9 Å². The quantitative estimate of drug-likeness (QED) is 0.875. The van der Waals surface area contributed by atoms with Crippen LogP contribution in [0, 0.1) is 0 Å². The number of methoxy groups -OCH3 is 1. The van der Waals surface area contributed by atoms with Gasteiger partial charge in [0, 0.05) is 11.9 Å². The highest BCUT2D eigenvalue weighted by atomic mass is 32.2. The Morgan fingerprint density at radius 2 is 2.10 bits per heavy atom. The average molecular weight is 307 g/mol. The van der Waals surface area contributed by atoms with Crippen LogP contribution >= 0.6 is 0 Å². The van der Waals surface area contributed by atoms with Crippen molar-refractivity contribution in [1.82, 2.24) is 4.98 Å². The maximum absolute atomic E-state index is 12.2. The summed E-state index contributed by atoms with van der Waals surface area (Å²) in [5.41, 5.74) is 0.596. The number of primary sulfonamides is 1. The van der Waals surface area contributed by atoms with Gasteiger partial charge < -0.3 is 10.1 Å². The number of hydrogen-bond donors (Lipinski definition) is 2. The normalized spacial score (nSPS) is 11.0. The van der Waals surface area contributed by atoms with Crippen LogP contribution in [0.4, 0.5) is 5.69 Å². The van der Waals surface area contributed by atoms with E-state index in [1.807, 2.05) is 0 Å². The minimum Gasteiger partial charge on any atom is -0.494 e. The van der Waals surface area contributed by atoms with Crippen molar-refractivity contribution in [3.63, 3.8) is 0 Å².